The molecule has 1 N–H and O–H groups in total. The molecule has 154 valence electrons. The van der Waals surface area contributed by atoms with Crippen LogP contribution in [-0.4, -0.2) is 35.1 Å². The van der Waals surface area contributed by atoms with Crippen molar-refractivity contribution < 1.29 is 9.90 Å². The number of fused-ring (bicyclic) bond motifs is 5. The van der Waals surface area contributed by atoms with Gasteiger partial charge < -0.3 is 10.0 Å². The molecule has 1 heterocycles. The summed E-state index contributed by atoms with van der Waals surface area (Å²) in [4.78, 5) is 14.2. The normalized spacial score (nSPS) is 45.1. The minimum atomic E-state index is -0.342. The zero-order valence-corrected chi connectivity index (χ0v) is 17.8. The van der Waals surface area contributed by atoms with Gasteiger partial charge in [-0.2, -0.15) is 0 Å². The van der Waals surface area contributed by atoms with Crippen molar-refractivity contribution in [1.29, 1.82) is 0 Å². The SMILES string of the molecule is CN1C(=O)C=C[C@]2(C)[C@H]3CC[C@]4(C)[C@@H](O)/C(=C\c5ccccc5)C[C@H]4[C@@H]3CC[C@@H]12. The quantitative estimate of drug-likeness (QED) is 0.755. The number of aliphatic hydroxyl groups is 1. The van der Waals surface area contributed by atoms with Gasteiger partial charge in [-0.3, -0.25) is 4.79 Å². The molecule has 0 spiro atoms. The van der Waals surface area contributed by atoms with Crippen molar-refractivity contribution in [3.05, 3.63) is 53.6 Å². The summed E-state index contributed by atoms with van der Waals surface area (Å²) >= 11 is 0. The van der Waals surface area contributed by atoms with E-state index in [1.807, 2.05) is 18.0 Å². The fraction of sp³-hybridized carbons (Fsp3) is 0.577. The van der Waals surface area contributed by atoms with Crippen molar-refractivity contribution in [2.24, 2.45) is 28.6 Å². The van der Waals surface area contributed by atoms with Gasteiger partial charge in [0.2, 0.25) is 5.91 Å². The summed E-state index contributed by atoms with van der Waals surface area (Å²) in [6.45, 7) is 4.70. The highest BCUT2D eigenvalue weighted by molar-refractivity contribution is 5.89. The molecule has 0 radical (unpaired) electrons. The molecule has 5 rings (SSSR count). The number of amides is 1. The van der Waals surface area contributed by atoms with Gasteiger partial charge in [0.1, 0.15) is 0 Å². The van der Waals surface area contributed by atoms with E-state index in [9.17, 15) is 9.90 Å². The molecule has 1 aromatic carbocycles. The molecule has 3 nitrogen and oxygen atoms in total. The van der Waals surface area contributed by atoms with Crippen molar-refractivity contribution >= 4 is 12.0 Å². The Morgan fingerprint density at radius 2 is 1.86 bits per heavy atom. The first kappa shape index (κ1) is 19.1. The number of aliphatic hydroxyl groups excluding tert-OH is 1. The zero-order valence-electron chi connectivity index (χ0n) is 17.8. The van der Waals surface area contributed by atoms with Crippen LogP contribution < -0.4 is 0 Å². The van der Waals surface area contributed by atoms with Crippen molar-refractivity contribution in [1.82, 2.24) is 4.90 Å². The third-order valence-corrected chi connectivity index (χ3v) is 9.15. The lowest BCUT2D eigenvalue weighted by molar-refractivity contribution is -0.140. The van der Waals surface area contributed by atoms with Crippen molar-refractivity contribution in [2.45, 2.75) is 58.1 Å². The number of hydrogen-bond acceptors (Lipinski definition) is 2. The monoisotopic (exact) mass is 391 g/mol. The van der Waals surface area contributed by atoms with Crippen LogP contribution in [0.4, 0.5) is 0 Å². The van der Waals surface area contributed by atoms with E-state index in [1.165, 1.54) is 17.6 Å². The number of nitrogens with zero attached hydrogens (tertiary/aromatic N) is 1. The number of benzene rings is 1. The molecule has 0 aromatic heterocycles. The maximum Gasteiger partial charge on any atom is 0.246 e. The molecule has 1 aliphatic heterocycles. The van der Waals surface area contributed by atoms with Gasteiger partial charge in [-0.25, -0.2) is 0 Å². The van der Waals surface area contributed by atoms with Gasteiger partial charge >= 0.3 is 0 Å². The third kappa shape index (κ3) is 2.70. The summed E-state index contributed by atoms with van der Waals surface area (Å²) in [5, 5.41) is 11.3. The second-order valence-electron chi connectivity index (χ2n) is 10.4. The Morgan fingerprint density at radius 3 is 2.62 bits per heavy atom. The Kier molecular flexibility index (Phi) is 4.33. The average Bonchev–Trinajstić information content (AvgIpc) is 2.97. The second kappa shape index (κ2) is 6.57. The minimum Gasteiger partial charge on any atom is -0.388 e. The Morgan fingerprint density at radius 1 is 1.10 bits per heavy atom. The van der Waals surface area contributed by atoms with Gasteiger partial charge in [0, 0.05) is 23.9 Å². The summed E-state index contributed by atoms with van der Waals surface area (Å²) in [5.41, 5.74) is 2.43. The lowest BCUT2D eigenvalue weighted by Gasteiger charge is -2.59. The maximum atomic E-state index is 12.2. The van der Waals surface area contributed by atoms with Gasteiger partial charge in [-0.1, -0.05) is 56.3 Å². The molecule has 0 unspecified atom stereocenters. The summed E-state index contributed by atoms with van der Waals surface area (Å²) in [6, 6.07) is 10.7. The molecule has 3 fully saturated rings. The van der Waals surface area contributed by atoms with E-state index in [-0.39, 0.29) is 22.8 Å². The van der Waals surface area contributed by atoms with Crippen LogP contribution in [0.2, 0.25) is 0 Å². The number of carbonyl (C=O) groups is 1. The van der Waals surface area contributed by atoms with E-state index >= 15 is 0 Å². The molecule has 3 aliphatic carbocycles. The molecule has 0 bridgehead atoms. The molecule has 3 heteroatoms. The van der Waals surface area contributed by atoms with Crippen LogP contribution in [0, 0.1) is 28.6 Å². The molecular weight excluding hydrogens is 358 g/mol. The van der Waals surface area contributed by atoms with Crippen LogP contribution in [-0.2, 0) is 4.79 Å². The van der Waals surface area contributed by atoms with E-state index in [2.05, 4.69) is 50.3 Å². The number of carbonyl (C=O) groups excluding carboxylic acids is 1. The van der Waals surface area contributed by atoms with E-state index in [0.29, 0.717) is 23.8 Å². The van der Waals surface area contributed by atoms with Crippen LogP contribution in [0.5, 0.6) is 0 Å². The standard InChI is InChI=1S/C26H33NO2/c1-25-14-12-23(28)27(3)22(25)10-9-19-20(25)11-13-26(2)21(19)16-18(24(26)29)15-17-7-5-4-6-8-17/h4-8,12,14-15,19-22,24,29H,9-11,13,16H2,1-3H3/b18-15-/t19-,20+,21+,22-,24+,25-,26+/m1/s1. The summed E-state index contributed by atoms with van der Waals surface area (Å²) in [5.74, 6) is 1.89. The van der Waals surface area contributed by atoms with Crippen LogP contribution in [0.15, 0.2) is 48.1 Å². The summed E-state index contributed by atoms with van der Waals surface area (Å²) in [6.07, 6.45) is 11.4. The minimum absolute atomic E-state index is 0.0227. The van der Waals surface area contributed by atoms with Gasteiger partial charge in [0.05, 0.1) is 6.10 Å². The zero-order chi connectivity index (χ0) is 20.4. The van der Waals surface area contributed by atoms with Crippen LogP contribution in [0.1, 0.15) is 51.5 Å². The Labute approximate surface area is 174 Å². The highest BCUT2D eigenvalue weighted by Gasteiger charge is 2.61. The molecule has 0 saturated heterocycles. The number of rotatable bonds is 1. The first-order chi connectivity index (χ1) is 13.8. The van der Waals surface area contributed by atoms with Crippen LogP contribution in [0.3, 0.4) is 0 Å². The molecule has 29 heavy (non-hydrogen) atoms. The van der Waals surface area contributed by atoms with E-state index < -0.39 is 0 Å². The average molecular weight is 392 g/mol. The number of hydrogen-bond donors (Lipinski definition) is 1. The third-order valence-electron chi connectivity index (χ3n) is 9.15. The highest BCUT2D eigenvalue weighted by Crippen LogP contribution is 2.64. The molecule has 1 aromatic rings. The lowest BCUT2D eigenvalue weighted by atomic mass is 9.48. The van der Waals surface area contributed by atoms with Crippen LogP contribution >= 0.6 is 0 Å². The lowest BCUT2D eigenvalue weighted by Crippen LogP contribution is -2.59. The fourth-order valence-electron chi connectivity index (χ4n) is 7.50. The van der Waals surface area contributed by atoms with Gasteiger partial charge in [0.25, 0.3) is 0 Å². The van der Waals surface area contributed by atoms with Gasteiger partial charge in [-0.05, 0) is 67.1 Å². The molecule has 1 amide bonds. The van der Waals surface area contributed by atoms with Gasteiger partial charge in [0.15, 0.2) is 0 Å². The van der Waals surface area contributed by atoms with E-state index in [1.54, 1.807) is 6.08 Å². The highest BCUT2D eigenvalue weighted by atomic mass is 16.3. The predicted molar refractivity (Wildman–Crippen MR) is 116 cm³/mol. The van der Waals surface area contributed by atoms with Crippen molar-refractivity contribution in [2.75, 3.05) is 7.05 Å². The van der Waals surface area contributed by atoms with Crippen molar-refractivity contribution in [3.63, 3.8) is 0 Å². The van der Waals surface area contributed by atoms with Crippen LogP contribution in [0.25, 0.3) is 6.08 Å². The predicted octanol–water partition coefficient (Wildman–Crippen LogP) is 4.68. The Balaban J connectivity index is 1.48. The first-order valence-electron chi connectivity index (χ1n) is 11.2. The Hall–Kier alpha value is -1.87. The number of likely N-dealkylation sites (N-methyl/N-ethyl adjacent to an activating group) is 1. The largest absolute Gasteiger partial charge is 0.388 e. The maximum absolute atomic E-state index is 12.2. The first-order valence-corrected chi connectivity index (χ1v) is 11.2. The smallest absolute Gasteiger partial charge is 0.246 e. The molecule has 3 saturated carbocycles. The fourth-order valence-corrected chi connectivity index (χ4v) is 7.50. The van der Waals surface area contributed by atoms with E-state index in [0.717, 1.165) is 25.7 Å². The molecule has 4 aliphatic rings. The molecule has 7 atom stereocenters. The molecular formula is C26H33NO2. The summed E-state index contributed by atoms with van der Waals surface area (Å²) in [7, 11) is 1.97. The van der Waals surface area contributed by atoms with Gasteiger partial charge in [-0.15, -0.1) is 0 Å². The van der Waals surface area contributed by atoms with E-state index in [4.69, 9.17) is 0 Å². The Bertz CT molecular complexity index is 874. The topological polar surface area (TPSA) is 40.5 Å². The summed E-state index contributed by atoms with van der Waals surface area (Å²) < 4.78 is 0. The van der Waals surface area contributed by atoms with Crippen molar-refractivity contribution in [3.8, 4) is 0 Å². The second-order valence-corrected chi connectivity index (χ2v) is 10.4.